The lowest BCUT2D eigenvalue weighted by Gasteiger charge is -2.11. The van der Waals surface area contributed by atoms with Crippen molar-refractivity contribution in [3.05, 3.63) is 53.3 Å². The average Bonchev–Trinajstić information content (AvgIpc) is 3.44. The van der Waals surface area contributed by atoms with E-state index in [1.54, 1.807) is 29.1 Å². The fourth-order valence-electron chi connectivity index (χ4n) is 3.11. The summed E-state index contributed by atoms with van der Waals surface area (Å²) in [5.41, 5.74) is 6.80. The normalized spacial score (nSPS) is 13.7. The molecule has 3 N–H and O–H groups in total. The molecule has 2 amide bonds. The first-order valence-corrected chi connectivity index (χ1v) is 9.22. The van der Waals surface area contributed by atoms with Gasteiger partial charge in [-0.15, -0.1) is 0 Å². The van der Waals surface area contributed by atoms with Crippen LogP contribution in [0.2, 0.25) is 0 Å². The lowest BCUT2D eigenvalue weighted by atomic mass is 10.1. The Bertz CT molecular complexity index is 1070. The van der Waals surface area contributed by atoms with Crippen LogP contribution in [-0.2, 0) is 0 Å². The summed E-state index contributed by atoms with van der Waals surface area (Å²) < 4.78 is 1.79. The van der Waals surface area contributed by atoms with Crippen LogP contribution in [-0.4, -0.2) is 31.7 Å². The third-order valence-electron chi connectivity index (χ3n) is 4.75. The highest BCUT2D eigenvalue weighted by Crippen LogP contribution is 2.40. The van der Waals surface area contributed by atoms with E-state index >= 15 is 0 Å². The number of amides is 2. The first kappa shape index (κ1) is 18.0. The molecule has 0 atom stereocenters. The predicted molar refractivity (Wildman–Crippen MR) is 103 cm³/mol. The maximum absolute atomic E-state index is 12.8. The molecule has 8 heteroatoms. The minimum Gasteiger partial charge on any atom is -0.507 e. The van der Waals surface area contributed by atoms with Crippen LogP contribution in [0.3, 0.4) is 0 Å². The number of hydrazine groups is 1. The van der Waals surface area contributed by atoms with Crippen molar-refractivity contribution >= 4 is 22.8 Å². The smallest absolute Gasteiger partial charge is 0.273 e. The molecule has 1 fully saturated rings. The number of hydrogen-bond acceptors (Lipinski definition) is 5. The molecule has 3 aromatic rings. The number of aromatic hydroxyl groups is 1. The van der Waals surface area contributed by atoms with E-state index in [0.29, 0.717) is 22.5 Å². The lowest BCUT2D eigenvalue weighted by Crippen LogP contribution is -2.41. The van der Waals surface area contributed by atoms with Gasteiger partial charge in [-0.2, -0.15) is 5.10 Å². The minimum atomic E-state index is -0.600. The van der Waals surface area contributed by atoms with Crippen molar-refractivity contribution in [3.8, 4) is 5.75 Å². The van der Waals surface area contributed by atoms with Crippen LogP contribution >= 0.6 is 0 Å². The zero-order valence-corrected chi connectivity index (χ0v) is 15.6. The SMILES string of the molecule is CC(C)n1ncc2c(C(=O)NNC(=O)c3ccccc3O)cc(C3CC3)nc21. The van der Waals surface area contributed by atoms with Gasteiger partial charge in [0, 0.05) is 17.7 Å². The number of phenols is 1. The Morgan fingerprint density at radius 3 is 2.46 bits per heavy atom. The first-order valence-electron chi connectivity index (χ1n) is 9.22. The number of carbonyl (C=O) groups is 2. The lowest BCUT2D eigenvalue weighted by molar-refractivity contribution is 0.0846. The van der Waals surface area contributed by atoms with E-state index in [-0.39, 0.29) is 17.4 Å². The Labute approximate surface area is 161 Å². The summed E-state index contributed by atoms with van der Waals surface area (Å²) in [6.45, 7) is 4.01. The number of nitrogens with zero attached hydrogens (tertiary/aromatic N) is 3. The van der Waals surface area contributed by atoms with Crippen LogP contribution in [0.25, 0.3) is 11.0 Å². The zero-order chi connectivity index (χ0) is 19.8. The number of pyridine rings is 1. The van der Waals surface area contributed by atoms with Gasteiger partial charge < -0.3 is 5.11 Å². The largest absolute Gasteiger partial charge is 0.507 e. The summed E-state index contributed by atoms with van der Waals surface area (Å²) in [6.07, 6.45) is 3.73. The highest BCUT2D eigenvalue weighted by Gasteiger charge is 2.28. The minimum absolute atomic E-state index is 0.0778. The molecule has 0 bridgehead atoms. The van der Waals surface area contributed by atoms with Gasteiger partial charge in [-0.1, -0.05) is 12.1 Å². The highest BCUT2D eigenvalue weighted by molar-refractivity contribution is 6.07. The molecular formula is C20H21N5O3. The molecule has 0 radical (unpaired) electrons. The molecule has 0 unspecified atom stereocenters. The monoisotopic (exact) mass is 379 g/mol. The van der Waals surface area contributed by atoms with E-state index in [1.165, 1.54) is 12.1 Å². The zero-order valence-electron chi connectivity index (χ0n) is 15.6. The van der Waals surface area contributed by atoms with Crippen molar-refractivity contribution in [3.63, 3.8) is 0 Å². The molecule has 2 heterocycles. The number of fused-ring (bicyclic) bond motifs is 1. The number of nitrogens with one attached hydrogen (secondary N) is 2. The molecule has 1 aromatic carbocycles. The van der Waals surface area contributed by atoms with Crippen molar-refractivity contribution in [1.82, 2.24) is 25.6 Å². The molecule has 0 spiro atoms. The number of hydrogen-bond donors (Lipinski definition) is 3. The van der Waals surface area contributed by atoms with Crippen molar-refractivity contribution in [2.75, 3.05) is 0 Å². The maximum atomic E-state index is 12.8. The molecule has 1 aliphatic carbocycles. The summed E-state index contributed by atoms with van der Waals surface area (Å²) in [5, 5.41) is 14.8. The second-order valence-electron chi connectivity index (χ2n) is 7.21. The first-order chi connectivity index (χ1) is 13.5. The van der Waals surface area contributed by atoms with E-state index in [2.05, 4.69) is 16.0 Å². The van der Waals surface area contributed by atoms with Crippen molar-refractivity contribution in [2.24, 2.45) is 0 Å². The Kier molecular flexibility index (Phi) is 4.46. The molecule has 1 saturated carbocycles. The summed E-state index contributed by atoms with van der Waals surface area (Å²) in [4.78, 5) is 29.7. The second kappa shape index (κ2) is 6.95. The van der Waals surface area contributed by atoms with Gasteiger partial charge in [0.05, 0.1) is 22.7 Å². The van der Waals surface area contributed by atoms with Crippen molar-refractivity contribution < 1.29 is 14.7 Å². The van der Waals surface area contributed by atoms with Crippen molar-refractivity contribution in [1.29, 1.82) is 0 Å². The number of para-hydroxylation sites is 1. The van der Waals surface area contributed by atoms with Crippen LogP contribution in [0.4, 0.5) is 0 Å². The van der Waals surface area contributed by atoms with Gasteiger partial charge in [0.15, 0.2) is 5.65 Å². The van der Waals surface area contributed by atoms with E-state index in [0.717, 1.165) is 18.5 Å². The topological polar surface area (TPSA) is 109 Å². The fourth-order valence-corrected chi connectivity index (χ4v) is 3.11. The molecule has 4 rings (SSSR count). The van der Waals surface area contributed by atoms with Gasteiger partial charge >= 0.3 is 0 Å². The maximum Gasteiger partial charge on any atom is 0.273 e. The van der Waals surface area contributed by atoms with Crippen molar-refractivity contribution in [2.45, 2.75) is 38.6 Å². The predicted octanol–water partition coefficient (Wildman–Crippen LogP) is 2.67. The van der Waals surface area contributed by atoms with E-state index in [4.69, 9.17) is 4.98 Å². The molecule has 0 saturated heterocycles. The van der Waals surface area contributed by atoms with E-state index in [9.17, 15) is 14.7 Å². The molecule has 28 heavy (non-hydrogen) atoms. The van der Waals surface area contributed by atoms with Gasteiger partial charge in [-0.25, -0.2) is 9.67 Å². The average molecular weight is 379 g/mol. The fraction of sp³-hybridized carbons (Fsp3) is 0.300. The quantitative estimate of drug-likeness (QED) is 0.604. The Balaban J connectivity index is 1.62. The molecule has 8 nitrogen and oxygen atoms in total. The molecule has 1 aliphatic rings. The number of phenolic OH excluding ortho intramolecular Hbond substituents is 1. The van der Waals surface area contributed by atoms with Crippen LogP contribution in [0.15, 0.2) is 36.5 Å². The van der Waals surface area contributed by atoms with E-state index < -0.39 is 11.8 Å². The Morgan fingerprint density at radius 1 is 1.14 bits per heavy atom. The Morgan fingerprint density at radius 2 is 1.82 bits per heavy atom. The van der Waals surface area contributed by atoms with Crippen LogP contribution < -0.4 is 10.9 Å². The van der Waals surface area contributed by atoms with Gasteiger partial charge in [-0.05, 0) is 44.9 Å². The molecule has 144 valence electrons. The van der Waals surface area contributed by atoms with Gasteiger partial charge in [0.25, 0.3) is 11.8 Å². The summed E-state index contributed by atoms with van der Waals surface area (Å²) in [7, 11) is 0. The van der Waals surface area contributed by atoms with Crippen LogP contribution in [0, 0.1) is 0 Å². The van der Waals surface area contributed by atoms with Gasteiger partial charge in [-0.3, -0.25) is 20.4 Å². The number of carbonyl (C=O) groups excluding carboxylic acids is 2. The van der Waals surface area contributed by atoms with Crippen LogP contribution in [0.1, 0.15) is 65.1 Å². The standard InChI is InChI=1S/C20H21N5O3/c1-11(2)25-18-15(10-21-25)14(9-16(22-18)12-7-8-12)20(28)24-23-19(27)13-5-3-4-6-17(13)26/h3-6,9-12,26H,7-8H2,1-2H3,(H,23,27)(H,24,28). The molecule has 0 aliphatic heterocycles. The number of aromatic nitrogens is 3. The van der Waals surface area contributed by atoms with Gasteiger partial charge in [0.1, 0.15) is 5.75 Å². The summed E-state index contributed by atoms with van der Waals surface area (Å²) in [5.74, 6) is -0.851. The number of rotatable bonds is 4. The molecule has 2 aromatic heterocycles. The third-order valence-corrected chi connectivity index (χ3v) is 4.75. The van der Waals surface area contributed by atoms with Gasteiger partial charge in [0.2, 0.25) is 0 Å². The summed E-state index contributed by atoms with van der Waals surface area (Å²) in [6, 6.07) is 8.00. The highest BCUT2D eigenvalue weighted by atomic mass is 16.3. The van der Waals surface area contributed by atoms with Crippen LogP contribution in [0.5, 0.6) is 5.75 Å². The third kappa shape index (κ3) is 3.28. The van der Waals surface area contributed by atoms with E-state index in [1.807, 2.05) is 13.8 Å². The molecular weight excluding hydrogens is 358 g/mol. The summed E-state index contributed by atoms with van der Waals surface area (Å²) >= 11 is 0. The Hall–Kier alpha value is -3.42. The second-order valence-corrected chi connectivity index (χ2v) is 7.21. The number of benzene rings is 1.